The molecule has 0 spiro atoms. The second-order valence-electron chi connectivity index (χ2n) is 2.16. The van der Waals surface area contributed by atoms with Gasteiger partial charge < -0.3 is 4.98 Å². The quantitative estimate of drug-likeness (QED) is 0.786. The Morgan fingerprint density at radius 1 is 1.18 bits per heavy atom. The van der Waals surface area contributed by atoms with E-state index in [2.05, 4.69) is 41.8 Å². The summed E-state index contributed by atoms with van der Waals surface area (Å²) in [6, 6.07) is 3.94. The van der Waals surface area contributed by atoms with Crippen LogP contribution in [0.3, 0.4) is 0 Å². The lowest BCUT2D eigenvalue weighted by Crippen LogP contribution is -1.73. The number of aromatic amines is 1. The second-order valence-corrected chi connectivity index (χ2v) is 3.86. The molecule has 0 saturated carbocycles. The summed E-state index contributed by atoms with van der Waals surface area (Å²) in [5.74, 6) is 0. The number of halogens is 2. The van der Waals surface area contributed by atoms with E-state index in [0.29, 0.717) is 0 Å². The van der Waals surface area contributed by atoms with Crippen LogP contribution >= 0.6 is 31.9 Å². The summed E-state index contributed by atoms with van der Waals surface area (Å²) in [6.07, 6.45) is 1.68. The van der Waals surface area contributed by atoms with Gasteiger partial charge in [-0.25, -0.2) is 4.98 Å². The van der Waals surface area contributed by atoms with Gasteiger partial charge in [0.05, 0.1) is 11.8 Å². The van der Waals surface area contributed by atoms with Gasteiger partial charge >= 0.3 is 0 Å². The average Bonchev–Trinajstić information content (AvgIpc) is 2.45. The van der Waals surface area contributed by atoms with Crippen molar-refractivity contribution >= 4 is 42.9 Å². The molecule has 0 aliphatic heterocycles. The molecule has 56 valence electrons. The van der Waals surface area contributed by atoms with E-state index >= 15 is 0 Å². The molecule has 1 N–H and O–H groups in total. The van der Waals surface area contributed by atoms with Crippen LogP contribution in [0.5, 0.6) is 0 Å². The number of nitrogens with one attached hydrogen (secondary N) is 1. The normalized spacial score (nSPS) is 10.7. The van der Waals surface area contributed by atoms with Gasteiger partial charge in [0.25, 0.3) is 0 Å². The summed E-state index contributed by atoms with van der Waals surface area (Å²) in [4.78, 5) is 7.19. The van der Waals surface area contributed by atoms with Crippen molar-refractivity contribution < 1.29 is 0 Å². The van der Waals surface area contributed by atoms with E-state index in [4.69, 9.17) is 0 Å². The smallest absolute Gasteiger partial charge is 0.104 e. The third kappa shape index (κ3) is 1.10. The number of hydrogen-bond donors (Lipinski definition) is 1. The molecule has 2 rings (SSSR count). The van der Waals surface area contributed by atoms with Crippen LogP contribution < -0.4 is 0 Å². The van der Waals surface area contributed by atoms with Gasteiger partial charge in [-0.05, 0) is 44.0 Å². The zero-order valence-electron chi connectivity index (χ0n) is 5.44. The van der Waals surface area contributed by atoms with Crippen molar-refractivity contribution in [3.05, 3.63) is 27.4 Å². The molecule has 4 heteroatoms. The Kier molecular flexibility index (Phi) is 1.73. The zero-order chi connectivity index (χ0) is 7.84. The van der Waals surface area contributed by atoms with E-state index in [1.165, 1.54) is 0 Å². The first-order valence-electron chi connectivity index (χ1n) is 3.06. The van der Waals surface area contributed by atoms with Crippen molar-refractivity contribution in [1.29, 1.82) is 0 Å². The molecular weight excluding hydrogens is 272 g/mol. The Labute approximate surface area is 80.3 Å². The molecule has 0 aliphatic rings. The maximum atomic E-state index is 4.15. The molecule has 2 aromatic rings. The molecule has 0 unspecified atom stereocenters. The van der Waals surface area contributed by atoms with Crippen molar-refractivity contribution in [2.24, 2.45) is 0 Å². The van der Waals surface area contributed by atoms with Crippen LogP contribution in [0, 0.1) is 0 Å². The lowest BCUT2D eigenvalue weighted by Gasteiger charge is -1.93. The van der Waals surface area contributed by atoms with Gasteiger partial charge in [-0.1, -0.05) is 0 Å². The summed E-state index contributed by atoms with van der Waals surface area (Å²) in [7, 11) is 0. The standard InChI is InChI=1S/C7H4Br2N2/c8-4-1-2-5(9)7-6(4)10-3-11-7/h1-3H,(H,10,11). The molecule has 1 aromatic carbocycles. The Morgan fingerprint density at radius 3 is 2.64 bits per heavy atom. The van der Waals surface area contributed by atoms with Crippen LogP contribution in [0.15, 0.2) is 27.4 Å². The highest BCUT2D eigenvalue weighted by molar-refractivity contribution is 9.11. The van der Waals surface area contributed by atoms with Crippen LogP contribution in [-0.4, -0.2) is 9.97 Å². The van der Waals surface area contributed by atoms with Gasteiger partial charge in [-0.3, -0.25) is 0 Å². The highest BCUT2D eigenvalue weighted by Gasteiger charge is 2.03. The van der Waals surface area contributed by atoms with Gasteiger partial charge in [0, 0.05) is 8.95 Å². The van der Waals surface area contributed by atoms with Crippen molar-refractivity contribution in [1.82, 2.24) is 9.97 Å². The number of aromatic nitrogens is 2. The summed E-state index contributed by atoms with van der Waals surface area (Å²) >= 11 is 6.82. The first-order valence-corrected chi connectivity index (χ1v) is 4.65. The fraction of sp³-hybridized carbons (Fsp3) is 0. The van der Waals surface area contributed by atoms with Crippen molar-refractivity contribution in [3.63, 3.8) is 0 Å². The largest absolute Gasteiger partial charge is 0.344 e. The average molecular weight is 276 g/mol. The maximum absolute atomic E-state index is 4.15. The molecule has 0 saturated heterocycles. The number of H-pyrrole nitrogens is 1. The van der Waals surface area contributed by atoms with E-state index in [1.807, 2.05) is 12.1 Å². The van der Waals surface area contributed by atoms with Crippen LogP contribution in [0.25, 0.3) is 11.0 Å². The first-order chi connectivity index (χ1) is 5.29. The minimum Gasteiger partial charge on any atom is -0.344 e. The van der Waals surface area contributed by atoms with E-state index in [0.717, 1.165) is 20.0 Å². The van der Waals surface area contributed by atoms with Gasteiger partial charge in [-0.2, -0.15) is 0 Å². The highest BCUT2D eigenvalue weighted by atomic mass is 79.9. The Hall–Kier alpha value is -0.350. The Balaban J connectivity index is 2.96. The lowest BCUT2D eigenvalue weighted by molar-refractivity contribution is 1.34. The van der Waals surface area contributed by atoms with Crippen molar-refractivity contribution in [2.45, 2.75) is 0 Å². The minimum atomic E-state index is 0.958. The van der Waals surface area contributed by atoms with Gasteiger partial charge in [0.15, 0.2) is 0 Å². The summed E-state index contributed by atoms with van der Waals surface area (Å²) < 4.78 is 2.05. The summed E-state index contributed by atoms with van der Waals surface area (Å²) in [5.41, 5.74) is 1.98. The SMILES string of the molecule is Brc1ccc(Br)c2[nH]cnc12. The third-order valence-corrected chi connectivity index (χ3v) is 2.78. The van der Waals surface area contributed by atoms with E-state index < -0.39 is 0 Å². The molecule has 0 amide bonds. The van der Waals surface area contributed by atoms with Gasteiger partial charge in [0.2, 0.25) is 0 Å². The zero-order valence-corrected chi connectivity index (χ0v) is 8.61. The molecule has 11 heavy (non-hydrogen) atoms. The third-order valence-electron chi connectivity index (χ3n) is 1.48. The van der Waals surface area contributed by atoms with Crippen LogP contribution in [0.2, 0.25) is 0 Å². The molecular formula is C7H4Br2N2. The number of benzene rings is 1. The summed E-state index contributed by atoms with van der Waals surface area (Å²) in [5, 5.41) is 0. The fourth-order valence-electron chi connectivity index (χ4n) is 0.966. The van der Waals surface area contributed by atoms with Crippen LogP contribution in [-0.2, 0) is 0 Å². The molecule has 0 bridgehead atoms. The topological polar surface area (TPSA) is 28.7 Å². The van der Waals surface area contributed by atoms with Crippen LogP contribution in [0.4, 0.5) is 0 Å². The minimum absolute atomic E-state index is 0.958. The van der Waals surface area contributed by atoms with E-state index in [1.54, 1.807) is 6.33 Å². The molecule has 1 aromatic heterocycles. The molecule has 0 aliphatic carbocycles. The Bertz CT molecular complexity index is 358. The molecule has 2 nitrogen and oxygen atoms in total. The van der Waals surface area contributed by atoms with Gasteiger partial charge in [0.1, 0.15) is 5.52 Å². The number of fused-ring (bicyclic) bond motifs is 1. The monoisotopic (exact) mass is 274 g/mol. The van der Waals surface area contributed by atoms with Crippen molar-refractivity contribution in [2.75, 3.05) is 0 Å². The Morgan fingerprint density at radius 2 is 1.91 bits per heavy atom. The van der Waals surface area contributed by atoms with Gasteiger partial charge in [-0.15, -0.1) is 0 Å². The predicted molar refractivity (Wildman–Crippen MR) is 51.5 cm³/mol. The molecule has 1 heterocycles. The van der Waals surface area contributed by atoms with Crippen molar-refractivity contribution in [3.8, 4) is 0 Å². The summed E-state index contributed by atoms with van der Waals surface area (Å²) in [6.45, 7) is 0. The van der Waals surface area contributed by atoms with E-state index in [9.17, 15) is 0 Å². The lowest BCUT2D eigenvalue weighted by atomic mass is 10.3. The van der Waals surface area contributed by atoms with E-state index in [-0.39, 0.29) is 0 Å². The fourth-order valence-corrected chi connectivity index (χ4v) is 1.83. The second kappa shape index (κ2) is 2.60. The predicted octanol–water partition coefficient (Wildman–Crippen LogP) is 3.09. The molecule has 0 radical (unpaired) electrons. The number of nitrogens with zero attached hydrogens (tertiary/aromatic N) is 1. The molecule has 0 fully saturated rings. The molecule has 0 atom stereocenters. The number of hydrogen-bond acceptors (Lipinski definition) is 1. The number of imidazole rings is 1. The highest BCUT2D eigenvalue weighted by Crippen LogP contribution is 2.26. The van der Waals surface area contributed by atoms with Crippen LogP contribution in [0.1, 0.15) is 0 Å². The first kappa shape index (κ1) is 7.31. The number of rotatable bonds is 0. The maximum Gasteiger partial charge on any atom is 0.104 e.